The fourth-order valence-electron chi connectivity index (χ4n) is 2.78. The molecule has 0 aromatic rings. The molecule has 0 spiro atoms. The summed E-state index contributed by atoms with van der Waals surface area (Å²) in [5.74, 6) is 0.466. The molecule has 0 radical (unpaired) electrons. The van der Waals surface area contributed by atoms with Gasteiger partial charge in [-0.25, -0.2) is 4.72 Å². The molecule has 0 unspecified atom stereocenters. The third kappa shape index (κ3) is 4.96. The number of nitrogens with one attached hydrogen (secondary N) is 1. The van der Waals surface area contributed by atoms with Crippen molar-refractivity contribution in [1.29, 1.82) is 0 Å². The first-order valence-electron chi connectivity index (χ1n) is 7.63. The van der Waals surface area contributed by atoms with Gasteiger partial charge in [0.05, 0.1) is 13.2 Å². The van der Waals surface area contributed by atoms with Gasteiger partial charge in [0, 0.05) is 32.7 Å². The number of piperidine rings is 1. The smallest absolute Gasteiger partial charge is 0.279 e. The second-order valence-corrected chi connectivity index (χ2v) is 7.57. The lowest BCUT2D eigenvalue weighted by Crippen LogP contribution is -2.46. The van der Waals surface area contributed by atoms with Crippen LogP contribution in [0.4, 0.5) is 0 Å². The minimum atomic E-state index is -3.28. The van der Waals surface area contributed by atoms with Gasteiger partial charge in [-0.05, 0) is 31.7 Å². The zero-order valence-electron chi connectivity index (χ0n) is 12.4. The van der Waals surface area contributed by atoms with Crippen LogP contribution in [0, 0.1) is 5.92 Å². The van der Waals surface area contributed by atoms with E-state index in [-0.39, 0.29) is 0 Å². The lowest BCUT2D eigenvalue weighted by molar-refractivity contribution is 0.0376. The van der Waals surface area contributed by atoms with Gasteiger partial charge >= 0.3 is 0 Å². The average Bonchev–Trinajstić information content (AvgIpc) is 2.45. The minimum absolute atomic E-state index is 0.466. The molecule has 2 aliphatic heterocycles. The maximum Gasteiger partial charge on any atom is 0.279 e. The molecule has 0 aromatic carbocycles. The third-order valence-corrected chi connectivity index (χ3v) is 5.58. The minimum Gasteiger partial charge on any atom is -0.379 e. The Labute approximate surface area is 122 Å². The monoisotopic (exact) mass is 305 g/mol. The summed E-state index contributed by atoms with van der Waals surface area (Å²) in [7, 11) is -3.28. The molecule has 7 heteroatoms. The molecular weight excluding hydrogens is 278 g/mol. The fraction of sp³-hybridized carbons (Fsp3) is 1.00. The van der Waals surface area contributed by atoms with Crippen LogP contribution in [-0.4, -0.2) is 70.1 Å². The van der Waals surface area contributed by atoms with Gasteiger partial charge in [0.25, 0.3) is 10.2 Å². The first kappa shape index (κ1) is 16.2. The second kappa shape index (κ2) is 7.70. The third-order valence-electron chi connectivity index (χ3n) is 4.00. The zero-order chi connectivity index (χ0) is 14.4. The van der Waals surface area contributed by atoms with Crippen LogP contribution < -0.4 is 4.72 Å². The summed E-state index contributed by atoms with van der Waals surface area (Å²) in [6.07, 6.45) is 2.95. The highest BCUT2D eigenvalue weighted by molar-refractivity contribution is 7.87. The Hall–Kier alpha value is -0.210. The molecule has 2 rings (SSSR count). The Morgan fingerprint density at radius 2 is 2.00 bits per heavy atom. The Morgan fingerprint density at radius 1 is 1.25 bits per heavy atom. The van der Waals surface area contributed by atoms with Crippen molar-refractivity contribution in [3.05, 3.63) is 0 Å². The lowest BCUT2D eigenvalue weighted by Gasteiger charge is -2.30. The van der Waals surface area contributed by atoms with Crippen molar-refractivity contribution in [2.45, 2.75) is 26.2 Å². The highest BCUT2D eigenvalue weighted by Gasteiger charge is 2.26. The van der Waals surface area contributed by atoms with Gasteiger partial charge in [0.2, 0.25) is 0 Å². The van der Waals surface area contributed by atoms with E-state index in [0.29, 0.717) is 25.6 Å². The molecule has 2 aliphatic rings. The largest absolute Gasteiger partial charge is 0.379 e. The second-order valence-electron chi connectivity index (χ2n) is 5.81. The Kier molecular flexibility index (Phi) is 6.22. The molecule has 0 aliphatic carbocycles. The van der Waals surface area contributed by atoms with Gasteiger partial charge in [0.1, 0.15) is 0 Å². The van der Waals surface area contributed by atoms with Gasteiger partial charge in [-0.15, -0.1) is 0 Å². The van der Waals surface area contributed by atoms with E-state index >= 15 is 0 Å². The molecule has 1 atom stereocenters. The molecule has 0 saturated carbocycles. The summed E-state index contributed by atoms with van der Waals surface area (Å²) in [5.41, 5.74) is 0. The Morgan fingerprint density at radius 3 is 2.70 bits per heavy atom. The van der Waals surface area contributed by atoms with E-state index in [1.165, 1.54) is 0 Å². The summed E-state index contributed by atoms with van der Waals surface area (Å²) in [6, 6.07) is 0. The van der Waals surface area contributed by atoms with E-state index in [1.807, 2.05) is 0 Å². The van der Waals surface area contributed by atoms with Crippen molar-refractivity contribution in [1.82, 2.24) is 13.9 Å². The SMILES string of the molecule is C[C@@H]1CCCN(S(=O)(=O)NCCCN2CCOCC2)C1. The van der Waals surface area contributed by atoms with Gasteiger partial charge in [-0.3, -0.25) is 4.90 Å². The van der Waals surface area contributed by atoms with Crippen LogP contribution in [0.2, 0.25) is 0 Å². The number of ether oxygens (including phenoxy) is 1. The molecule has 0 amide bonds. The van der Waals surface area contributed by atoms with Gasteiger partial charge < -0.3 is 4.74 Å². The maximum absolute atomic E-state index is 12.2. The van der Waals surface area contributed by atoms with Crippen LogP contribution in [0.1, 0.15) is 26.2 Å². The number of hydrogen-bond donors (Lipinski definition) is 1. The van der Waals surface area contributed by atoms with Gasteiger partial charge in [-0.2, -0.15) is 12.7 Å². The molecule has 0 aromatic heterocycles. The highest BCUT2D eigenvalue weighted by atomic mass is 32.2. The van der Waals surface area contributed by atoms with Gasteiger partial charge in [0.15, 0.2) is 0 Å². The molecule has 20 heavy (non-hydrogen) atoms. The molecule has 1 N–H and O–H groups in total. The van der Waals surface area contributed by atoms with E-state index in [0.717, 1.165) is 52.1 Å². The molecule has 2 saturated heterocycles. The molecule has 2 fully saturated rings. The summed E-state index contributed by atoms with van der Waals surface area (Å²) in [5, 5.41) is 0. The highest BCUT2D eigenvalue weighted by Crippen LogP contribution is 2.17. The van der Waals surface area contributed by atoms with Crippen LogP contribution in [0.25, 0.3) is 0 Å². The molecule has 0 bridgehead atoms. The first-order valence-corrected chi connectivity index (χ1v) is 9.07. The van der Waals surface area contributed by atoms with Gasteiger partial charge in [-0.1, -0.05) is 6.92 Å². The normalized spacial score (nSPS) is 26.8. The fourth-order valence-corrected chi connectivity index (χ4v) is 4.19. The predicted molar refractivity (Wildman–Crippen MR) is 78.8 cm³/mol. The van der Waals surface area contributed by atoms with Crippen molar-refractivity contribution in [3.8, 4) is 0 Å². The molecule has 2 heterocycles. The lowest BCUT2D eigenvalue weighted by atomic mass is 10.0. The summed E-state index contributed by atoms with van der Waals surface area (Å²) in [4.78, 5) is 2.32. The van der Waals surface area contributed by atoms with Crippen molar-refractivity contribution in [3.63, 3.8) is 0 Å². The molecule has 6 nitrogen and oxygen atoms in total. The number of morpholine rings is 1. The van der Waals surface area contributed by atoms with E-state index in [1.54, 1.807) is 4.31 Å². The van der Waals surface area contributed by atoms with Crippen molar-refractivity contribution >= 4 is 10.2 Å². The topological polar surface area (TPSA) is 61.9 Å². The van der Waals surface area contributed by atoms with Crippen molar-refractivity contribution < 1.29 is 13.2 Å². The van der Waals surface area contributed by atoms with E-state index in [4.69, 9.17) is 4.74 Å². The van der Waals surface area contributed by atoms with E-state index < -0.39 is 10.2 Å². The standard InChI is InChI=1S/C13H27N3O3S/c1-13-4-2-7-16(12-13)20(17,18)14-5-3-6-15-8-10-19-11-9-15/h13-14H,2-12H2,1H3/t13-/m1/s1. The number of rotatable bonds is 6. The van der Waals surface area contributed by atoms with Crippen LogP contribution in [0.3, 0.4) is 0 Å². The summed E-state index contributed by atoms with van der Waals surface area (Å²) in [6.45, 7) is 8.36. The zero-order valence-corrected chi connectivity index (χ0v) is 13.2. The summed E-state index contributed by atoms with van der Waals surface area (Å²) < 4.78 is 33.9. The van der Waals surface area contributed by atoms with E-state index in [9.17, 15) is 8.42 Å². The van der Waals surface area contributed by atoms with Crippen LogP contribution >= 0.6 is 0 Å². The van der Waals surface area contributed by atoms with Crippen molar-refractivity contribution in [2.24, 2.45) is 5.92 Å². The predicted octanol–water partition coefficient (Wildman–Crippen LogP) is 0.275. The Balaban J connectivity index is 1.66. The summed E-state index contributed by atoms with van der Waals surface area (Å²) >= 11 is 0. The van der Waals surface area contributed by atoms with Crippen molar-refractivity contribution in [2.75, 3.05) is 52.5 Å². The van der Waals surface area contributed by atoms with E-state index in [2.05, 4.69) is 16.5 Å². The Bertz CT molecular complexity index is 382. The first-order chi connectivity index (χ1) is 9.58. The molecule has 118 valence electrons. The molecular formula is C13H27N3O3S. The van der Waals surface area contributed by atoms with Crippen LogP contribution in [0.15, 0.2) is 0 Å². The van der Waals surface area contributed by atoms with Crippen LogP contribution in [-0.2, 0) is 14.9 Å². The van der Waals surface area contributed by atoms with Crippen LogP contribution in [0.5, 0.6) is 0 Å². The average molecular weight is 305 g/mol. The number of nitrogens with zero attached hydrogens (tertiary/aromatic N) is 2. The number of hydrogen-bond acceptors (Lipinski definition) is 4. The quantitative estimate of drug-likeness (QED) is 0.716. The maximum atomic E-state index is 12.2.